The van der Waals surface area contributed by atoms with E-state index in [-0.39, 0.29) is 30.0 Å². The van der Waals surface area contributed by atoms with E-state index in [1.54, 1.807) is 6.20 Å². The predicted octanol–water partition coefficient (Wildman–Crippen LogP) is 1.99. The number of rotatable bonds is 12. The standard InChI is InChI=1S/C30H31FN4O12/c31-18-7-15(10-20(38)25(18)41)30(43)47-29-27(14-8-21(39)26(42)22(40)9-14)46-23-12-17(36)11-19(37)24(23)28(29)45-6-3-35-13-16(33-34-35)1-4-44-5-2-32/h7-13,27-29,36-42H,1-6,32H2. The summed E-state index contributed by atoms with van der Waals surface area (Å²) in [5.41, 5.74) is 5.43. The van der Waals surface area contributed by atoms with E-state index in [9.17, 15) is 44.9 Å². The van der Waals surface area contributed by atoms with Crippen molar-refractivity contribution in [2.75, 3.05) is 26.4 Å². The van der Waals surface area contributed by atoms with E-state index in [0.29, 0.717) is 37.9 Å². The summed E-state index contributed by atoms with van der Waals surface area (Å²) in [6, 6.07) is 5.58. The third kappa shape index (κ3) is 7.16. The number of carbonyl (C=O) groups is 1. The molecular formula is C30H31FN4O12. The van der Waals surface area contributed by atoms with Gasteiger partial charge in [-0.3, -0.25) is 0 Å². The van der Waals surface area contributed by atoms with Crippen molar-refractivity contribution in [3.05, 3.63) is 70.8 Å². The third-order valence-corrected chi connectivity index (χ3v) is 7.15. The Kier molecular flexibility index (Phi) is 9.69. The van der Waals surface area contributed by atoms with Crippen molar-refractivity contribution in [2.24, 2.45) is 5.73 Å². The van der Waals surface area contributed by atoms with Crippen LogP contribution in [0.25, 0.3) is 0 Å². The lowest BCUT2D eigenvalue weighted by molar-refractivity contribution is -0.112. The highest BCUT2D eigenvalue weighted by atomic mass is 19.1. The van der Waals surface area contributed by atoms with Crippen LogP contribution in [0.15, 0.2) is 42.6 Å². The fourth-order valence-corrected chi connectivity index (χ4v) is 4.95. The number of nitrogens with two attached hydrogens (primary N) is 1. The number of phenolic OH excluding ortho intramolecular Hbond substituents is 7. The number of fused-ring (bicyclic) bond motifs is 1. The van der Waals surface area contributed by atoms with Crippen LogP contribution in [0.5, 0.6) is 46.0 Å². The quantitative estimate of drug-likeness (QED) is 0.0615. The Morgan fingerprint density at radius 3 is 2.34 bits per heavy atom. The van der Waals surface area contributed by atoms with Crippen molar-refractivity contribution < 1.29 is 63.9 Å². The molecule has 1 aliphatic heterocycles. The molecule has 0 saturated heterocycles. The molecule has 0 amide bonds. The van der Waals surface area contributed by atoms with Crippen LogP contribution in [0.4, 0.5) is 4.39 Å². The zero-order chi connectivity index (χ0) is 33.8. The van der Waals surface area contributed by atoms with Gasteiger partial charge in [0.15, 0.2) is 46.8 Å². The maximum absolute atomic E-state index is 14.2. The summed E-state index contributed by atoms with van der Waals surface area (Å²) in [5.74, 6) is -7.93. The monoisotopic (exact) mass is 658 g/mol. The number of phenols is 7. The Morgan fingerprint density at radius 2 is 1.64 bits per heavy atom. The van der Waals surface area contributed by atoms with E-state index in [1.165, 1.54) is 4.68 Å². The maximum Gasteiger partial charge on any atom is 0.338 e. The van der Waals surface area contributed by atoms with Crippen molar-refractivity contribution in [2.45, 2.75) is 31.3 Å². The highest BCUT2D eigenvalue weighted by Gasteiger charge is 2.45. The van der Waals surface area contributed by atoms with Crippen molar-refractivity contribution in [3.63, 3.8) is 0 Å². The Labute approximate surface area is 265 Å². The maximum atomic E-state index is 14.2. The number of aromatic nitrogens is 3. The summed E-state index contributed by atoms with van der Waals surface area (Å²) in [7, 11) is 0. The molecule has 0 saturated carbocycles. The van der Waals surface area contributed by atoms with Crippen LogP contribution in [0.3, 0.4) is 0 Å². The second-order valence-electron chi connectivity index (χ2n) is 10.4. The molecule has 0 aliphatic carbocycles. The lowest BCUT2D eigenvalue weighted by Gasteiger charge is -2.39. The van der Waals surface area contributed by atoms with Gasteiger partial charge in [0.1, 0.15) is 23.4 Å². The average Bonchev–Trinajstić information content (AvgIpc) is 3.48. The van der Waals surface area contributed by atoms with E-state index in [1.807, 2.05) is 0 Å². The van der Waals surface area contributed by atoms with Gasteiger partial charge in [-0.05, 0) is 24.3 Å². The molecule has 0 fully saturated rings. The molecule has 17 heteroatoms. The van der Waals surface area contributed by atoms with Crippen LogP contribution in [-0.4, -0.2) is 89.2 Å². The van der Waals surface area contributed by atoms with Crippen LogP contribution in [-0.2, 0) is 27.2 Å². The van der Waals surface area contributed by atoms with Gasteiger partial charge in [0.25, 0.3) is 0 Å². The zero-order valence-electron chi connectivity index (χ0n) is 24.5. The molecule has 3 atom stereocenters. The Bertz CT molecular complexity index is 1720. The molecule has 3 unspecified atom stereocenters. The fraction of sp³-hybridized carbons (Fsp3) is 0.300. The minimum atomic E-state index is -1.57. The molecule has 1 aliphatic rings. The molecule has 9 N–H and O–H groups in total. The minimum absolute atomic E-state index is 0.0461. The van der Waals surface area contributed by atoms with Crippen molar-refractivity contribution in [3.8, 4) is 46.0 Å². The molecule has 5 rings (SSSR count). The SMILES string of the molecule is NCCOCCc1cn(CCOC2c3c(O)cc(O)cc3OC(c3cc(O)c(O)c(O)c3)C2OC(=O)c2cc(O)c(O)c(F)c2)nn1. The number of aromatic hydroxyl groups is 7. The number of hydrogen-bond donors (Lipinski definition) is 8. The molecule has 0 spiro atoms. The lowest BCUT2D eigenvalue weighted by Crippen LogP contribution is -2.40. The Balaban J connectivity index is 1.49. The van der Waals surface area contributed by atoms with Crippen LogP contribution < -0.4 is 10.5 Å². The Morgan fingerprint density at radius 1 is 0.915 bits per heavy atom. The topological polar surface area (TPSA) is 252 Å². The van der Waals surface area contributed by atoms with Crippen LogP contribution in [0.1, 0.15) is 39.4 Å². The second kappa shape index (κ2) is 13.9. The molecule has 3 aromatic carbocycles. The van der Waals surface area contributed by atoms with Gasteiger partial charge in [0.05, 0.1) is 43.2 Å². The highest BCUT2D eigenvalue weighted by molar-refractivity contribution is 5.90. The van der Waals surface area contributed by atoms with Gasteiger partial charge < -0.3 is 60.4 Å². The average molecular weight is 659 g/mol. The number of ether oxygens (including phenoxy) is 4. The smallest absolute Gasteiger partial charge is 0.338 e. The molecule has 0 radical (unpaired) electrons. The van der Waals surface area contributed by atoms with E-state index in [4.69, 9.17) is 24.7 Å². The molecule has 16 nitrogen and oxygen atoms in total. The number of esters is 1. The number of benzene rings is 3. The van der Waals surface area contributed by atoms with Gasteiger partial charge in [-0.1, -0.05) is 5.21 Å². The molecule has 250 valence electrons. The van der Waals surface area contributed by atoms with Gasteiger partial charge in [0.2, 0.25) is 0 Å². The largest absolute Gasteiger partial charge is 0.508 e. The van der Waals surface area contributed by atoms with Gasteiger partial charge in [-0.2, -0.15) is 0 Å². The number of hydrogen-bond acceptors (Lipinski definition) is 15. The zero-order valence-corrected chi connectivity index (χ0v) is 24.5. The summed E-state index contributed by atoms with van der Waals surface area (Å²) in [6.45, 7) is 1.16. The first-order chi connectivity index (χ1) is 22.5. The van der Waals surface area contributed by atoms with Crippen LogP contribution in [0.2, 0.25) is 0 Å². The van der Waals surface area contributed by atoms with Crippen LogP contribution in [0, 0.1) is 5.82 Å². The summed E-state index contributed by atoms with van der Waals surface area (Å²) >= 11 is 0. The van der Waals surface area contributed by atoms with Crippen molar-refractivity contribution in [1.29, 1.82) is 0 Å². The molecule has 1 aromatic heterocycles. The number of carbonyl (C=O) groups excluding carboxylic acids is 1. The summed E-state index contributed by atoms with van der Waals surface area (Å²) in [6.07, 6.45) is -2.26. The minimum Gasteiger partial charge on any atom is -0.508 e. The van der Waals surface area contributed by atoms with Gasteiger partial charge in [-0.25, -0.2) is 13.9 Å². The molecule has 4 aromatic rings. The third-order valence-electron chi connectivity index (χ3n) is 7.15. The van der Waals surface area contributed by atoms with E-state index >= 15 is 0 Å². The molecular weight excluding hydrogens is 627 g/mol. The first-order valence-electron chi connectivity index (χ1n) is 14.1. The van der Waals surface area contributed by atoms with E-state index in [2.05, 4.69) is 10.3 Å². The predicted molar refractivity (Wildman–Crippen MR) is 156 cm³/mol. The van der Waals surface area contributed by atoms with Gasteiger partial charge in [0, 0.05) is 36.9 Å². The first-order valence-corrected chi connectivity index (χ1v) is 14.1. The molecule has 2 heterocycles. The fourth-order valence-electron chi connectivity index (χ4n) is 4.95. The Hall–Kier alpha value is -5.52. The van der Waals surface area contributed by atoms with Crippen molar-refractivity contribution >= 4 is 5.97 Å². The van der Waals surface area contributed by atoms with E-state index in [0.717, 1.165) is 30.3 Å². The second-order valence-corrected chi connectivity index (χ2v) is 10.4. The molecule has 0 bridgehead atoms. The summed E-state index contributed by atoms with van der Waals surface area (Å²) < 4.78 is 38.9. The van der Waals surface area contributed by atoms with Gasteiger partial charge in [-0.15, -0.1) is 5.10 Å². The number of halogens is 1. The van der Waals surface area contributed by atoms with Crippen molar-refractivity contribution in [1.82, 2.24) is 15.0 Å². The normalized spacial score (nSPS) is 17.2. The summed E-state index contributed by atoms with van der Waals surface area (Å²) in [5, 5.41) is 79.1. The first kappa shape index (κ1) is 32.9. The lowest BCUT2D eigenvalue weighted by atomic mass is 9.90. The van der Waals surface area contributed by atoms with Crippen LogP contribution >= 0.6 is 0 Å². The highest BCUT2D eigenvalue weighted by Crippen LogP contribution is 2.51. The molecule has 47 heavy (non-hydrogen) atoms. The summed E-state index contributed by atoms with van der Waals surface area (Å²) in [4.78, 5) is 13.3. The van der Waals surface area contributed by atoms with E-state index < -0.39 is 75.9 Å². The number of nitrogens with zero attached hydrogens (tertiary/aromatic N) is 3. The van der Waals surface area contributed by atoms with Gasteiger partial charge >= 0.3 is 5.97 Å².